The van der Waals surface area contributed by atoms with Crippen LogP contribution in [0, 0.1) is 6.92 Å². The molecule has 38 heavy (non-hydrogen) atoms. The number of thiazole rings is 1. The van der Waals surface area contributed by atoms with Gasteiger partial charge in [0.15, 0.2) is 5.13 Å². The molecule has 4 rings (SSSR count). The fourth-order valence-corrected chi connectivity index (χ4v) is 7.39. The van der Waals surface area contributed by atoms with Gasteiger partial charge in [-0.2, -0.15) is 4.31 Å². The third-order valence-electron chi connectivity index (χ3n) is 7.23. The highest BCUT2D eigenvalue weighted by Crippen LogP contribution is 2.37. The number of aromatic nitrogens is 1. The molecule has 0 spiro atoms. The van der Waals surface area contributed by atoms with Gasteiger partial charge in [0.1, 0.15) is 11.3 Å². The van der Waals surface area contributed by atoms with E-state index in [4.69, 9.17) is 9.72 Å². The second-order valence-corrected chi connectivity index (χ2v) is 12.5. The molecule has 0 aliphatic carbocycles. The summed E-state index contributed by atoms with van der Waals surface area (Å²) in [6.07, 6.45) is 3.87. The van der Waals surface area contributed by atoms with Gasteiger partial charge in [0.05, 0.1) is 16.7 Å². The predicted octanol–water partition coefficient (Wildman–Crippen LogP) is 5.17. The standard InChI is InChI=1S/C28H38N4O4S2/c1-5-30(6-2)19-20-32(28-29-25-24(36-4)16-11-21(3)26(25)37-28)27(33)22-12-14-23(15-13-22)38(34,35)31-17-9-7-8-10-18-31/h11-16H,5-10,17-20H2,1-4H3. The molecule has 0 unspecified atom stereocenters. The van der Waals surface area contributed by atoms with Crippen molar-refractivity contribution in [2.75, 3.05) is 51.3 Å². The number of ether oxygens (including phenoxy) is 1. The van der Waals surface area contributed by atoms with Gasteiger partial charge in [-0.05, 0) is 68.8 Å². The summed E-state index contributed by atoms with van der Waals surface area (Å²) in [5.41, 5.74) is 2.25. The summed E-state index contributed by atoms with van der Waals surface area (Å²) in [6.45, 7) is 10.3. The fourth-order valence-electron chi connectivity index (χ4n) is 4.80. The highest BCUT2D eigenvalue weighted by molar-refractivity contribution is 7.89. The first-order chi connectivity index (χ1) is 18.3. The molecular formula is C28H38N4O4S2. The second kappa shape index (κ2) is 12.5. The molecule has 1 aliphatic rings. The second-order valence-electron chi connectivity index (χ2n) is 9.59. The lowest BCUT2D eigenvalue weighted by Gasteiger charge is -2.25. The number of sulfonamides is 1. The lowest BCUT2D eigenvalue weighted by atomic mass is 10.2. The number of likely N-dealkylation sites (N-methyl/N-ethyl adjacent to an activating group) is 1. The van der Waals surface area contributed by atoms with Crippen LogP contribution >= 0.6 is 11.3 Å². The van der Waals surface area contributed by atoms with Crippen LogP contribution in [-0.4, -0.2) is 74.9 Å². The third kappa shape index (κ3) is 6.03. The fraction of sp³-hybridized carbons (Fsp3) is 0.500. The molecule has 206 valence electrons. The zero-order valence-corrected chi connectivity index (χ0v) is 24.4. The van der Waals surface area contributed by atoms with Gasteiger partial charge in [0, 0.05) is 31.7 Å². The maximum absolute atomic E-state index is 13.8. The van der Waals surface area contributed by atoms with Crippen LogP contribution in [0.4, 0.5) is 5.13 Å². The van der Waals surface area contributed by atoms with Crippen molar-refractivity contribution in [3.8, 4) is 5.75 Å². The van der Waals surface area contributed by atoms with E-state index in [9.17, 15) is 13.2 Å². The summed E-state index contributed by atoms with van der Waals surface area (Å²) in [5.74, 6) is 0.471. The van der Waals surface area contributed by atoms with Crippen LogP contribution in [0.3, 0.4) is 0 Å². The number of carbonyl (C=O) groups excluding carboxylic acids is 1. The Balaban J connectivity index is 1.65. The van der Waals surface area contributed by atoms with Crippen molar-refractivity contribution in [1.29, 1.82) is 0 Å². The Hall–Kier alpha value is -2.53. The Morgan fingerprint density at radius 3 is 2.26 bits per heavy atom. The summed E-state index contributed by atoms with van der Waals surface area (Å²) in [6, 6.07) is 10.2. The van der Waals surface area contributed by atoms with E-state index in [1.807, 2.05) is 19.1 Å². The lowest BCUT2D eigenvalue weighted by molar-refractivity contribution is 0.0983. The largest absolute Gasteiger partial charge is 0.494 e. The predicted molar refractivity (Wildman–Crippen MR) is 154 cm³/mol. The highest BCUT2D eigenvalue weighted by atomic mass is 32.2. The van der Waals surface area contributed by atoms with Crippen LogP contribution < -0.4 is 9.64 Å². The van der Waals surface area contributed by atoms with E-state index in [2.05, 4.69) is 18.7 Å². The number of aryl methyl sites for hydroxylation is 1. The molecule has 8 nitrogen and oxygen atoms in total. The smallest absolute Gasteiger partial charge is 0.260 e. The summed E-state index contributed by atoms with van der Waals surface area (Å²) >= 11 is 1.47. The van der Waals surface area contributed by atoms with E-state index in [0.29, 0.717) is 42.6 Å². The van der Waals surface area contributed by atoms with Crippen molar-refractivity contribution in [2.24, 2.45) is 0 Å². The molecular weight excluding hydrogens is 520 g/mol. The number of methoxy groups -OCH3 is 1. The number of benzene rings is 2. The minimum atomic E-state index is -3.58. The molecule has 1 saturated heterocycles. The minimum absolute atomic E-state index is 0.202. The van der Waals surface area contributed by atoms with Crippen molar-refractivity contribution in [2.45, 2.75) is 51.3 Å². The lowest BCUT2D eigenvalue weighted by Crippen LogP contribution is -2.39. The van der Waals surface area contributed by atoms with Gasteiger partial charge in [-0.3, -0.25) is 9.69 Å². The molecule has 2 aromatic carbocycles. The highest BCUT2D eigenvalue weighted by Gasteiger charge is 2.27. The van der Waals surface area contributed by atoms with E-state index in [0.717, 1.165) is 54.6 Å². The molecule has 0 bridgehead atoms. The third-order valence-corrected chi connectivity index (χ3v) is 10.4. The molecule has 1 amide bonds. The van der Waals surface area contributed by atoms with Crippen molar-refractivity contribution in [3.63, 3.8) is 0 Å². The topological polar surface area (TPSA) is 83.1 Å². The van der Waals surface area contributed by atoms with E-state index >= 15 is 0 Å². The first kappa shape index (κ1) is 28.5. The van der Waals surface area contributed by atoms with Gasteiger partial charge in [0.2, 0.25) is 10.0 Å². The summed E-state index contributed by atoms with van der Waals surface area (Å²) in [5, 5.41) is 0.603. The first-order valence-corrected chi connectivity index (χ1v) is 15.6. The van der Waals surface area contributed by atoms with Crippen molar-refractivity contribution in [3.05, 3.63) is 47.5 Å². The van der Waals surface area contributed by atoms with Gasteiger partial charge >= 0.3 is 0 Å². The summed E-state index contributed by atoms with van der Waals surface area (Å²) in [7, 11) is -1.96. The monoisotopic (exact) mass is 558 g/mol. The molecule has 1 aromatic heterocycles. The molecule has 0 atom stereocenters. The number of anilines is 1. The minimum Gasteiger partial charge on any atom is -0.494 e. The zero-order valence-electron chi connectivity index (χ0n) is 22.8. The summed E-state index contributed by atoms with van der Waals surface area (Å²) in [4.78, 5) is 22.9. The molecule has 2 heterocycles. The van der Waals surface area contributed by atoms with Gasteiger partial charge in [0.25, 0.3) is 5.91 Å². The number of carbonyl (C=O) groups is 1. The number of hydrogen-bond acceptors (Lipinski definition) is 7. The van der Waals surface area contributed by atoms with Gasteiger partial charge in [-0.15, -0.1) is 0 Å². The molecule has 3 aromatic rings. The Morgan fingerprint density at radius 1 is 1.00 bits per heavy atom. The maximum Gasteiger partial charge on any atom is 0.260 e. The Labute approximate surface area is 230 Å². The number of fused-ring (bicyclic) bond motifs is 1. The van der Waals surface area contributed by atoms with E-state index < -0.39 is 10.0 Å². The quantitative estimate of drug-likeness (QED) is 0.342. The van der Waals surface area contributed by atoms with Crippen molar-refractivity contribution in [1.82, 2.24) is 14.2 Å². The molecule has 0 radical (unpaired) electrons. The van der Waals surface area contributed by atoms with Crippen LogP contribution in [0.15, 0.2) is 41.3 Å². The van der Waals surface area contributed by atoms with Crippen LogP contribution in [0.25, 0.3) is 10.2 Å². The van der Waals surface area contributed by atoms with Crippen molar-refractivity contribution < 1.29 is 17.9 Å². The zero-order chi connectivity index (χ0) is 27.3. The van der Waals surface area contributed by atoms with Crippen LogP contribution in [-0.2, 0) is 10.0 Å². The van der Waals surface area contributed by atoms with Gasteiger partial charge in [-0.25, -0.2) is 13.4 Å². The van der Waals surface area contributed by atoms with Crippen molar-refractivity contribution >= 4 is 42.6 Å². The normalized spacial score (nSPS) is 15.1. The molecule has 1 fully saturated rings. The van der Waals surface area contributed by atoms with E-state index in [1.165, 1.54) is 11.3 Å². The van der Waals surface area contributed by atoms with Crippen LogP contribution in [0.2, 0.25) is 0 Å². The number of rotatable bonds is 10. The van der Waals surface area contributed by atoms with Gasteiger partial charge in [-0.1, -0.05) is 44.1 Å². The van der Waals surface area contributed by atoms with Gasteiger partial charge < -0.3 is 9.64 Å². The molecule has 0 saturated carbocycles. The maximum atomic E-state index is 13.8. The van der Waals surface area contributed by atoms with Crippen LogP contribution in [0.1, 0.15) is 55.5 Å². The molecule has 1 aliphatic heterocycles. The SMILES string of the molecule is CCN(CC)CCN(C(=O)c1ccc(S(=O)(=O)N2CCCCCC2)cc1)c1nc2c(OC)ccc(C)c2s1. The number of hydrogen-bond donors (Lipinski definition) is 0. The first-order valence-electron chi connectivity index (χ1n) is 13.4. The number of amides is 1. The van der Waals surface area contributed by atoms with E-state index in [1.54, 1.807) is 40.6 Å². The average Bonchev–Trinajstić information content (AvgIpc) is 3.18. The van der Waals surface area contributed by atoms with E-state index in [-0.39, 0.29) is 10.8 Å². The Morgan fingerprint density at radius 2 is 1.66 bits per heavy atom. The van der Waals surface area contributed by atoms with Crippen LogP contribution in [0.5, 0.6) is 5.75 Å². The molecule has 0 N–H and O–H groups in total. The average molecular weight is 559 g/mol. The Kier molecular flexibility index (Phi) is 9.40. The Bertz CT molecular complexity index is 1340. The molecule has 10 heteroatoms. The summed E-state index contributed by atoms with van der Waals surface area (Å²) < 4.78 is 34.5. The number of nitrogens with zero attached hydrogens (tertiary/aromatic N) is 4.